The molecule has 9 N–H and O–H groups in total. The third-order valence-electron chi connectivity index (χ3n) is 10.6. The van der Waals surface area contributed by atoms with Crippen LogP contribution in [0.15, 0.2) is 42.0 Å². The van der Waals surface area contributed by atoms with Crippen LogP contribution in [0.3, 0.4) is 0 Å². The van der Waals surface area contributed by atoms with Gasteiger partial charge in [0.05, 0.1) is 18.1 Å². The lowest BCUT2D eigenvalue weighted by atomic mass is 9.82. The fraction of sp³-hybridized carbons (Fsp3) is 0.667. The van der Waals surface area contributed by atoms with Gasteiger partial charge in [-0.05, 0) is 49.5 Å². The number of alkyl halides is 1. The number of aliphatic hydroxyl groups excluding tert-OH is 4. The number of carbonyl (C=O) groups excluding carboxylic acids is 3. The van der Waals surface area contributed by atoms with Crippen LogP contribution in [0.1, 0.15) is 51.5 Å². The molecule has 11 atom stereocenters. The number of fused-ring (bicyclic) bond motifs is 1. The van der Waals surface area contributed by atoms with Crippen molar-refractivity contribution in [1.82, 2.24) is 20.4 Å². The largest absolute Gasteiger partial charge is 0.388 e. The lowest BCUT2D eigenvalue weighted by Crippen LogP contribution is -2.61. The standard InChI is InChI=1S/C36H53ClN6O9/c1-19(2)28(37)29(41-33(49)26(44)14-20-6-4-3-5-7-20)34(50)43-24-16-23(52-35-31(47)30(46)27(45)18-51-35)9-8-22(24)15-25(43)32(48)40-12-10-21-11-13-42(17-21)36(38)39/h3-7,11,19,22-31,35,44-47H,8-10,12-18H2,1-2H3,(H3,38,39)(H,40,48)(H,41,49)/t22-,23+,24-,25-,26+,27+,28+,29+,30-,31+,35+/m0/s1. The first kappa shape index (κ1) is 39.9. The maximum Gasteiger partial charge on any atom is 0.249 e. The van der Waals surface area contributed by atoms with Crippen LogP contribution in [0.5, 0.6) is 0 Å². The van der Waals surface area contributed by atoms with Crippen molar-refractivity contribution >= 4 is 35.3 Å². The molecular formula is C36H53ClN6O9. The van der Waals surface area contributed by atoms with Crippen LogP contribution in [0.4, 0.5) is 0 Å². The summed E-state index contributed by atoms with van der Waals surface area (Å²) in [5.74, 6) is -2.04. The number of hydrogen-bond acceptors (Lipinski definition) is 10. The number of aliphatic hydroxyl groups is 4. The second kappa shape index (κ2) is 17.7. The number of benzene rings is 1. The highest BCUT2D eigenvalue weighted by Gasteiger charge is 2.52. The Balaban J connectivity index is 1.34. The maximum atomic E-state index is 14.7. The van der Waals surface area contributed by atoms with Gasteiger partial charge < -0.3 is 56.1 Å². The number of rotatable bonds is 13. The van der Waals surface area contributed by atoms with Gasteiger partial charge in [-0.15, -0.1) is 11.6 Å². The molecule has 0 bridgehead atoms. The minimum atomic E-state index is -1.48. The first-order valence-electron chi connectivity index (χ1n) is 18.1. The van der Waals surface area contributed by atoms with Crippen LogP contribution in [-0.2, 0) is 30.3 Å². The third-order valence-corrected chi connectivity index (χ3v) is 11.4. The summed E-state index contributed by atoms with van der Waals surface area (Å²) in [6, 6.07) is 6.35. The van der Waals surface area contributed by atoms with Crippen molar-refractivity contribution in [2.24, 2.45) is 17.6 Å². The highest BCUT2D eigenvalue weighted by atomic mass is 35.5. The molecule has 52 heavy (non-hydrogen) atoms. The van der Waals surface area contributed by atoms with Crippen molar-refractivity contribution in [2.45, 2.75) is 113 Å². The Kier molecular flexibility index (Phi) is 13.6. The van der Waals surface area contributed by atoms with Gasteiger partial charge in [-0.2, -0.15) is 0 Å². The highest BCUT2D eigenvalue weighted by Crippen LogP contribution is 2.42. The summed E-state index contributed by atoms with van der Waals surface area (Å²) in [5, 5.41) is 53.9. The second-order valence-electron chi connectivity index (χ2n) is 14.7. The quantitative estimate of drug-likeness (QED) is 0.0559. The van der Waals surface area contributed by atoms with Gasteiger partial charge in [-0.3, -0.25) is 19.8 Å². The maximum absolute atomic E-state index is 14.7. The van der Waals surface area contributed by atoms with Gasteiger partial charge in [-0.1, -0.05) is 55.8 Å². The van der Waals surface area contributed by atoms with Gasteiger partial charge in [-0.25, -0.2) is 0 Å². The van der Waals surface area contributed by atoms with E-state index in [2.05, 4.69) is 10.6 Å². The number of ether oxygens (including phenoxy) is 2. The molecule has 0 unspecified atom stereocenters. The molecule has 1 saturated carbocycles. The molecule has 15 nitrogen and oxygen atoms in total. The monoisotopic (exact) mass is 748 g/mol. The summed E-state index contributed by atoms with van der Waals surface area (Å²) in [5.41, 5.74) is 7.39. The Morgan fingerprint density at radius 2 is 1.85 bits per heavy atom. The van der Waals surface area contributed by atoms with Gasteiger partial charge in [0, 0.05) is 32.1 Å². The number of nitrogens with zero attached hydrogens (tertiary/aromatic N) is 2. The van der Waals surface area contributed by atoms with Gasteiger partial charge in [0.25, 0.3) is 0 Å². The number of halogens is 1. The molecular weight excluding hydrogens is 696 g/mol. The van der Waals surface area contributed by atoms with Crippen LogP contribution in [0.2, 0.25) is 0 Å². The first-order chi connectivity index (χ1) is 24.7. The number of amides is 3. The van der Waals surface area contributed by atoms with Crippen molar-refractivity contribution in [1.29, 1.82) is 5.41 Å². The first-order valence-corrected chi connectivity index (χ1v) is 18.5. The van der Waals surface area contributed by atoms with Crippen LogP contribution in [0, 0.1) is 17.2 Å². The van der Waals surface area contributed by atoms with E-state index in [9.17, 15) is 34.8 Å². The number of guanidine groups is 1. The fourth-order valence-corrected chi connectivity index (χ4v) is 7.80. The Labute approximate surface area is 309 Å². The summed E-state index contributed by atoms with van der Waals surface area (Å²) in [4.78, 5) is 45.3. The summed E-state index contributed by atoms with van der Waals surface area (Å²) in [6.45, 7) is 4.75. The van der Waals surface area contributed by atoms with Crippen LogP contribution in [0.25, 0.3) is 0 Å². The number of nitrogens with one attached hydrogen (secondary N) is 3. The van der Waals surface area contributed by atoms with Gasteiger partial charge in [0.15, 0.2) is 12.2 Å². The van der Waals surface area contributed by atoms with E-state index in [1.165, 1.54) is 4.90 Å². The van der Waals surface area contributed by atoms with E-state index >= 15 is 0 Å². The molecule has 3 fully saturated rings. The molecule has 0 spiro atoms. The van der Waals surface area contributed by atoms with Crippen LogP contribution >= 0.6 is 11.6 Å². The summed E-state index contributed by atoms with van der Waals surface area (Å²) >= 11 is 6.86. The Morgan fingerprint density at radius 3 is 2.52 bits per heavy atom. The molecule has 5 rings (SSSR count). The molecule has 3 aliphatic heterocycles. The van der Waals surface area contributed by atoms with E-state index in [0.29, 0.717) is 45.3 Å². The predicted molar refractivity (Wildman–Crippen MR) is 191 cm³/mol. The number of likely N-dealkylation sites (tertiary alicyclic amines) is 1. The fourth-order valence-electron chi connectivity index (χ4n) is 7.63. The summed E-state index contributed by atoms with van der Waals surface area (Å²) < 4.78 is 11.6. The Hall–Kier alpha value is -3.31. The van der Waals surface area contributed by atoms with E-state index in [1.807, 2.05) is 26.0 Å². The second-order valence-corrected chi connectivity index (χ2v) is 15.2. The Morgan fingerprint density at radius 1 is 1.12 bits per heavy atom. The average Bonchev–Trinajstić information content (AvgIpc) is 3.76. The third kappa shape index (κ3) is 9.43. The lowest BCUT2D eigenvalue weighted by Gasteiger charge is -2.42. The van der Waals surface area contributed by atoms with Crippen molar-refractivity contribution in [3.05, 3.63) is 47.5 Å². The number of carbonyl (C=O) groups is 3. The Bertz CT molecular complexity index is 1450. The zero-order valence-corrected chi connectivity index (χ0v) is 30.4. The zero-order valence-electron chi connectivity index (χ0n) is 29.6. The summed E-state index contributed by atoms with van der Waals surface area (Å²) in [6.07, 6.45) is -3.02. The molecule has 4 aliphatic rings. The van der Waals surface area contributed by atoms with Crippen molar-refractivity contribution in [3.8, 4) is 0 Å². The van der Waals surface area contributed by atoms with Gasteiger partial charge >= 0.3 is 0 Å². The normalized spacial score (nSPS) is 30.7. The van der Waals surface area contributed by atoms with Gasteiger partial charge in [0.1, 0.15) is 36.5 Å². The van der Waals surface area contributed by atoms with Crippen molar-refractivity contribution < 1.29 is 44.3 Å². The lowest BCUT2D eigenvalue weighted by molar-refractivity contribution is -0.285. The molecule has 2 saturated heterocycles. The number of hydrogen-bond donors (Lipinski definition) is 8. The van der Waals surface area contributed by atoms with E-state index in [1.54, 1.807) is 29.2 Å². The number of nitrogens with two attached hydrogens (primary N) is 1. The smallest absolute Gasteiger partial charge is 0.249 e. The molecule has 1 aliphatic carbocycles. The molecule has 1 aromatic rings. The van der Waals surface area contributed by atoms with Gasteiger partial charge in [0.2, 0.25) is 17.7 Å². The minimum absolute atomic E-state index is 0.0214. The molecule has 0 radical (unpaired) electrons. The van der Waals surface area contributed by atoms with Crippen LogP contribution in [-0.4, -0.2) is 140 Å². The minimum Gasteiger partial charge on any atom is -0.388 e. The molecule has 0 aromatic heterocycles. The molecule has 288 valence electrons. The molecule has 1 aromatic carbocycles. The van der Waals surface area contributed by atoms with Crippen molar-refractivity contribution in [3.63, 3.8) is 0 Å². The summed E-state index contributed by atoms with van der Waals surface area (Å²) in [7, 11) is 0. The van der Waals surface area contributed by atoms with E-state index in [0.717, 1.165) is 11.1 Å². The van der Waals surface area contributed by atoms with Crippen LogP contribution < -0.4 is 16.4 Å². The highest BCUT2D eigenvalue weighted by molar-refractivity contribution is 6.23. The van der Waals surface area contributed by atoms with E-state index < -0.39 is 72.1 Å². The molecule has 3 amide bonds. The zero-order chi connectivity index (χ0) is 37.7. The topological polar surface area (TPSA) is 231 Å². The van der Waals surface area contributed by atoms with E-state index in [-0.39, 0.29) is 43.2 Å². The van der Waals surface area contributed by atoms with Crippen molar-refractivity contribution in [2.75, 3.05) is 26.2 Å². The molecule has 16 heteroatoms. The molecule has 3 heterocycles. The predicted octanol–water partition coefficient (Wildman–Crippen LogP) is -0.426. The van der Waals surface area contributed by atoms with E-state index in [4.69, 9.17) is 32.2 Å². The average molecular weight is 749 g/mol. The SMILES string of the molecule is CC(C)[C@@H](Cl)[C@@H](NC(=O)[C@H](O)Cc1ccccc1)C(=O)N1[C@H](C(=O)NCCC2=CCN(C(=N)N)C2)C[C@@H]2CC[C@@H](O[C@H]3OC[C@@H](O)[C@H](O)[C@H]3O)C[C@@H]21.